The van der Waals surface area contributed by atoms with Crippen molar-refractivity contribution < 1.29 is 23.7 Å². The van der Waals surface area contributed by atoms with Crippen molar-refractivity contribution in [2.45, 2.75) is 46.3 Å². The molecule has 138 valence electrons. The van der Waals surface area contributed by atoms with E-state index in [2.05, 4.69) is 5.32 Å². The maximum atomic E-state index is 12.7. The number of carbonyl (C=O) groups is 3. The van der Waals surface area contributed by atoms with E-state index in [0.717, 1.165) is 4.90 Å². The fraction of sp³-hybridized carbons (Fsp3) is 0.692. The monoisotopic (exact) mass is 429 g/mol. The van der Waals surface area contributed by atoms with Crippen molar-refractivity contribution in [2.24, 2.45) is 0 Å². The number of hydrogen-bond acceptors (Lipinski definition) is 6. The highest BCUT2D eigenvalue weighted by Gasteiger charge is 2.73. The molecule has 0 aromatic carbocycles. The van der Waals surface area contributed by atoms with Gasteiger partial charge in [-0.2, -0.15) is 5.26 Å². The molecule has 25 heavy (non-hydrogen) atoms. The molecule has 1 N–H and O–H groups in total. The number of fused-ring (bicyclic) bond motifs is 1. The van der Waals surface area contributed by atoms with E-state index in [-0.39, 0.29) is 0 Å². The zero-order chi connectivity index (χ0) is 19.2. The first-order valence-electron chi connectivity index (χ1n) is 7.04. The number of nitriles is 1. The summed E-state index contributed by atoms with van der Waals surface area (Å²) in [4.78, 5) is 37.4. The number of amides is 2. The lowest BCUT2D eigenvalue weighted by molar-refractivity contribution is -0.164. The maximum absolute atomic E-state index is 12.7. The minimum Gasteiger partial charge on any atom is -0.614 e. The molecule has 2 aliphatic rings. The van der Waals surface area contributed by atoms with E-state index < -0.39 is 68.0 Å². The van der Waals surface area contributed by atoms with Gasteiger partial charge in [-0.1, -0.05) is 34.8 Å². The molecule has 0 bridgehead atoms. The molecule has 2 aliphatic heterocycles. The Balaban J connectivity index is 2.17. The first-order valence-corrected chi connectivity index (χ1v) is 9.39. The highest BCUT2D eigenvalue weighted by Crippen LogP contribution is 2.46. The Hall–Kier alpha value is -0.920. The van der Waals surface area contributed by atoms with Crippen molar-refractivity contribution in [3.63, 3.8) is 0 Å². The van der Waals surface area contributed by atoms with Crippen molar-refractivity contribution in [1.82, 2.24) is 10.2 Å². The van der Waals surface area contributed by atoms with E-state index >= 15 is 0 Å². The van der Waals surface area contributed by atoms with Crippen LogP contribution >= 0.6 is 34.8 Å². The number of carbonyl (C=O) groups excluding carboxylic acids is 3. The molecule has 2 amide bonds. The summed E-state index contributed by atoms with van der Waals surface area (Å²) in [5.74, 6) is -2.08. The number of nitrogens with one attached hydrogen (secondary N) is 1. The van der Waals surface area contributed by atoms with Gasteiger partial charge in [0.1, 0.15) is 13.0 Å². The van der Waals surface area contributed by atoms with E-state index in [1.807, 2.05) is 0 Å². The predicted octanol–water partition coefficient (Wildman–Crippen LogP) is 0.376. The van der Waals surface area contributed by atoms with Crippen LogP contribution in [0.15, 0.2) is 0 Å². The third-order valence-corrected chi connectivity index (χ3v) is 6.44. The molecule has 2 unspecified atom stereocenters. The van der Waals surface area contributed by atoms with Crippen LogP contribution < -0.4 is 5.32 Å². The van der Waals surface area contributed by atoms with Crippen LogP contribution in [0.5, 0.6) is 0 Å². The van der Waals surface area contributed by atoms with Gasteiger partial charge < -0.3 is 14.6 Å². The zero-order valence-electron chi connectivity index (χ0n) is 13.1. The van der Waals surface area contributed by atoms with Gasteiger partial charge in [-0.05, 0) is 25.0 Å². The number of hydrogen-bond donors (Lipinski definition) is 1. The van der Waals surface area contributed by atoms with Crippen molar-refractivity contribution in [3.8, 4) is 6.07 Å². The molecule has 0 saturated carbocycles. The standard InChI is InChI=1S/C13H14Cl3N3O5S/c1-12(2)8(11(22)24-5-13(14,15)16)19-9(21)7(10(19)25(12)23)18-6(20)3-4-17/h7-8,10H,3,5H2,1-2H3,(H,18,20)/t7?,8-,10+,25?/m0/s1. The van der Waals surface area contributed by atoms with Gasteiger partial charge in [-0.25, -0.2) is 4.79 Å². The summed E-state index contributed by atoms with van der Waals surface area (Å²) in [5.41, 5.74) is 0. The van der Waals surface area contributed by atoms with Crippen LogP contribution in [0.25, 0.3) is 0 Å². The Kier molecular flexibility index (Phi) is 5.71. The summed E-state index contributed by atoms with van der Waals surface area (Å²) in [6.07, 6.45) is -0.429. The molecule has 0 radical (unpaired) electrons. The van der Waals surface area contributed by atoms with Crippen LogP contribution in [-0.4, -0.2) is 59.8 Å². The van der Waals surface area contributed by atoms with Crippen LogP contribution in [0.3, 0.4) is 0 Å². The van der Waals surface area contributed by atoms with Crippen LogP contribution in [0, 0.1) is 11.3 Å². The van der Waals surface area contributed by atoms with E-state index in [4.69, 9.17) is 44.8 Å². The number of rotatable bonds is 4. The quantitative estimate of drug-likeness (QED) is 0.298. The van der Waals surface area contributed by atoms with Gasteiger partial charge in [0.25, 0.3) is 5.91 Å². The number of nitrogens with zero attached hydrogens (tertiary/aromatic N) is 2. The first-order chi connectivity index (χ1) is 11.4. The SMILES string of the molecule is CC1(C)[C@H](C(=O)OCC(Cl)(Cl)Cl)N2C(=O)C(NC(=O)CC#N)[C@H]2[S+]1[O-]. The molecule has 4 atom stereocenters. The topological polar surface area (TPSA) is 123 Å². The summed E-state index contributed by atoms with van der Waals surface area (Å²) < 4.78 is 14.7. The van der Waals surface area contributed by atoms with E-state index in [9.17, 15) is 18.9 Å². The molecule has 0 aromatic heterocycles. The van der Waals surface area contributed by atoms with Gasteiger partial charge in [0, 0.05) is 0 Å². The fourth-order valence-electron chi connectivity index (χ4n) is 2.80. The Morgan fingerprint density at radius 1 is 1.48 bits per heavy atom. The molecule has 2 saturated heterocycles. The van der Waals surface area contributed by atoms with Crippen molar-refractivity contribution in [2.75, 3.05) is 6.61 Å². The summed E-state index contributed by atoms with van der Waals surface area (Å²) in [6.45, 7) is 2.57. The molecule has 8 nitrogen and oxygen atoms in total. The van der Waals surface area contributed by atoms with Crippen LogP contribution in [0.4, 0.5) is 0 Å². The summed E-state index contributed by atoms with van der Waals surface area (Å²) in [6, 6.07) is -0.529. The second kappa shape index (κ2) is 7.00. The van der Waals surface area contributed by atoms with Gasteiger partial charge >= 0.3 is 5.97 Å². The van der Waals surface area contributed by atoms with Crippen LogP contribution in [0.2, 0.25) is 0 Å². The largest absolute Gasteiger partial charge is 0.614 e. The molecule has 0 spiro atoms. The molecule has 0 aliphatic carbocycles. The van der Waals surface area contributed by atoms with Crippen LogP contribution in [0.1, 0.15) is 20.3 Å². The molecule has 2 fully saturated rings. The minimum absolute atomic E-state index is 0.429. The molecule has 0 aromatic rings. The van der Waals surface area contributed by atoms with Gasteiger partial charge in [-0.3, -0.25) is 14.5 Å². The number of β-lactam (4-membered cyclic amide) rings is 1. The Morgan fingerprint density at radius 2 is 2.08 bits per heavy atom. The van der Waals surface area contributed by atoms with Crippen LogP contribution in [-0.2, 0) is 30.3 Å². The smallest absolute Gasteiger partial charge is 0.334 e. The van der Waals surface area contributed by atoms with Crippen molar-refractivity contribution >= 4 is 63.8 Å². The summed E-state index contributed by atoms with van der Waals surface area (Å²) in [7, 11) is 0. The molecule has 12 heteroatoms. The Morgan fingerprint density at radius 3 is 2.60 bits per heavy atom. The van der Waals surface area contributed by atoms with E-state index in [1.165, 1.54) is 0 Å². The Bertz CT molecular complexity index is 648. The Labute approximate surface area is 161 Å². The lowest BCUT2D eigenvalue weighted by atomic mass is 9.96. The van der Waals surface area contributed by atoms with Crippen molar-refractivity contribution in [3.05, 3.63) is 0 Å². The van der Waals surface area contributed by atoms with E-state index in [1.54, 1.807) is 19.9 Å². The first kappa shape index (κ1) is 20.4. The molecular formula is C13H14Cl3N3O5S. The van der Waals surface area contributed by atoms with Gasteiger partial charge in [0.15, 0.2) is 16.8 Å². The second-order valence-corrected chi connectivity index (χ2v) is 10.7. The summed E-state index contributed by atoms with van der Waals surface area (Å²) in [5, 5.41) is 9.99. The lowest BCUT2D eigenvalue weighted by Crippen LogP contribution is -2.72. The second-order valence-electron chi connectivity index (χ2n) is 6.04. The maximum Gasteiger partial charge on any atom is 0.334 e. The number of esters is 1. The normalized spacial score (nSPS) is 30.1. The van der Waals surface area contributed by atoms with Crippen molar-refractivity contribution in [1.29, 1.82) is 5.26 Å². The third-order valence-electron chi connectivity index (χ3n) is 3.91. The molecule has 2 rings (SSSR count). The number of ether oxygens (including phenoxy) is 1. The lowest BCUT2D eigenvalue weighted by Gasteiger charge is -2.41. The number of alkyl halides is 3. The minimum atomic E-state index is -1.82. The summed E-state index contributed by atoms with van der Waals surface area (Å²) >= 11 is 15.0. The van der Waals surface area contributed by atoms with E-state index in [0.29, 0.717) is 0 Å². The average molecular weight is 431 g/mol. The highest BCUT2D eigenvalue weighted by molar-refractivity contribution is 7.94. The highest BCUT2D eigenvalue weighted by atomic mass is 35.6. The number of halogens is 3. The van der Waals surface area contributed by atoms with Gasteiger partial charge in [0.2, 0.25) is 15.1 Å². The predicted molar refractivity (Wildman–Crippen MR) is 90.1 cm³/mol. The fourth-order valence-corrected chi connectivity index (χ4v) is 4.88. The average Bonchev–Trinajstić information content (AvgIpc) is 2.67. The molecule has 2 heterocycles. The van der Waals surface area contributed by atoms with Gasteiger partial charge in [-0.15, -0.1) is 0 Å². The zero-order valence-corrected chi connectivity index (χ0v) is 16.2. The van der Waals surface area contributed by atoms with Gasteiger partial charge in [0.05, 0.1) is 6.07 Å². The molecular weight excluding hydrogens is 417 g/mol. The third kappa shape index (κ3) is 3.78.